The average Bonchev–Trinajstić information content (AvgIpc) is 2.79. The molecule has 0 aromatic heterocycles. The Hall–Kier alpha value is -1.58. The summed E-state index contributed by atoms with van der Waals surface area (Å²) in [4.78, 5) is 0. The van der Waals surface area contributed by atoms with Gasteiger partial charge in [0.05, 0.1) is 17.3 Å². The molecule has 1 unspecified atom stereocenters. The van der Waals surface area contributed by atoms with Crippen molar-refractivity contribution >= 4 is 12.7 Å². The van der Waals surface area contributed by atoms with Gasteiger partial charge < -0.3 is 19.8 Å². The molecule has 1 aromatic rings. The minimum Gasteiger partial charge on any atom is -0.491 e. The fourth-order valence-electron chi connectivity index (χ4n) is 2.78. The number of alkyl halides is 3. The molecule has 0 spiro atoms. The van der Waals surface area contributed by atoms with Crippen LogP contribution in [0.15, 0.2) is 30.0 Å². The topological polar surface area (TPSA) is 53.7 Å². The van der Waals surface area contributed by atoms with E-state index in [9.17, 15) is 13.2 Å². The van der Waals surface area contributed by atoms with Crippen LogP contribution in [0, 0.1) is 0 Å². The van der Waals surface area contributed by atoms with E-state index >= 15 is 4.39 Å². The molecule has 1 aliphatic heterocycles. The third-order valence-electron chi connectivity index (χ3n) is 5.17. The summed E-state index contributed by atoms with van der Waals surface area (Å²) in [5, 5.41) is 0. The van der Waals surface area contributed by atoms with Crippen LogP contribution in [-0.4, -0.2) is 36.6 Å². The maximum Gasteiger partial charge on any atom is 0.525 e. The van der Waals surface area contributed by atoms with Gasteiger partial charge in [0.15, 0.2) is 0 Å². The number of halogens is 4. The first kappa shape index (κ1) is 23.7. The molecule has 0 bridgehead atoms. The van der Waals surface area contributed by atoms with Gasteiger partial charge in [-0.15, -0.1) is 0 Å². The van der Waals surface area contributed by atoms with Gasteiger partial charge in [-0.1, -0.05) is 12.1 Å². The summed E-state index contributed by atoms with van der Waals surface area (Å²) in [5.41, 5.74) is 2.77. The van der Waals surface area contributed by atoms with Crippen molar-refractivity contribution in [1.82, 2.24) is 0 Å². The quantitative estimate of drug-likeness (QED) is 0.519. The molecule has 1 saturated heterocycles. The Morgan fingerprint density at radius 3 is 1.97 bits per heavy atom. The summed E-state index contributed by atoms with van der Waals surface area (Å²) >= 11 is 0. The largest absolute Gasteiger partial charge is 0.525 e. The molecule has 1 heterocycles. The first-order valence-corrected chi connectivity index (χ1v) is 9.47. The fourth-order valence-corrected chi connectivity index (χ4v) is 2.78. The van der Waals surface area contributed by atoms with Gasteiger partial charge in [-0.25, -0.2) is 4.39 Å². The Morgan fingerprint density at radius 2 is 1.55 bits per heavy atom. The molecule has 9 heteroatoms. The predicted molar refractivity (Wildman–Crippen MR) is 105 cm³/mol. The molecule has 0 saturated carbocycles. The van der Waals surface area contributed by atoms with Crippen molar-refractivity contribution in [2.45, 2.75) is 77.5 Å². The second-order valence-electron chi connectivity index (χ2n) is 8.46. The highest BCUT2D eigenvalue weighted by atomic mass is 19.4. The Morgan fingerprint density at radius 1 is 1.07 bits per heavy atom. The van der Waals surface area contributed by atoms with Crippen LogP contribution in [-0.2, 0) is 9.31 Å². The molecule has 1 aromatic carbocycles. The highest BCUT2D eigenvalue weighted by molar-refractivity contribution is 6.55. The molecule has 4 nitrogen and oxygen atoms in total. The third kappa shape index (κ3) is 5.52. The third-order valence-corrected chi connectivity index (χ3v) is 5.17. The first-order chi connectivity index (χ1) is 13.1. The lowest BCUT2D eigenvalue weighted by Crippen LogP contribution is -2.41. The number of hydrogen-bond donors (Lipinski definition) is 1. The van der Waals surface area contributed by atoms with E-state index in [1.165, 1.54) is 12.1 Å². The zero-order valence-corrected chi connectivity index (χ0v) is 17.6. The Kier molecular flexibility index (Phi) is 6.77. The van der Waals surface area contributed by atoms with Gasteiger partial charge in [-0.3, -0.25) is 0 Å². The number of benzene rings is 1. The van der Waals surface area contributed by atoms with E-state index in [2.05, 4.69) is 0 Å². The summed E-state index contributed by atoms with van der Waals surface area (Å²) in [7, 11) is -1.41. The van der Waals surface area contributed by atoms with Gasteiger partial charge in [-0.05, 0) is 71.2 Å². The van der Waals surface area contributed by atoms with Crippen LogP contribution < -0.4 is 10.5 Å². The van der Waals surface area contributed by atoms with Gasteiger partial charge in [0.1, 0.15) is 17.5 Å². The van der Waals surface area contributed by atoms with E-state index in [0.717, 1.165) is 0 Å². The summed E-state index contributed by atoms with van der Waals surface area (Å²) in [5.74, 6) is 0.527. The summed E-state index contributed by atoms with van der Waals surface area (Å²) in [6.45, 7) is 10.6. The Labute approximate surface area is 169 Å². The maximum absolute atomic E-state index is 15.4. The van der Waals surface area contributed by atoms with Crippen LogP contribution >= 0.6 is 0 Å². The average molecular weight is 417 g/mol. The number of rotatable bonds is 6. The van der Waals surface area contributed by atoms with Gasteiger partial charge in [0.25, 0.3) is 0 Å². The van der Waals surface area contributed by atoms with Crippen LogP contribution in [0.3, 0.4) is 0 Å². The van der Waals surface area contributed by atoms with Crippen molar-refractivity contribution in [2.75, 3.05) is 0 Å². The van der Waals surface area contributed by atoms with Crippen LogP contribution in [0.5, 0.6) is 5.75 Å². The van der Waals surface area contributed by atoms with Crippen molar-refractivity contribution in [2.24, 2.45) is 5.73 Å². The van der Waals surface area contributed by atoms with Gasteiger partial charge >= 0.3 is 13.3 Å². The van der Waals surface area contributed by atoms with Gasteiger partial charge in [0.2, 0.25) is 0 Å². The molecule has 1 atom stereocenters. The van der Waals surface area contributed by atoms with E-state index in [1.54, 1.807) is 39.8 Å². The number of nitrogens with two attached hydrogens (primary N) is 1. The van der Waals surface area contributed by atoms with Crippen LogP contribution in [0.4, 0.5) is 17.6 Å². The monoisotopic (exact) mass is 417 g/mol. The zero-order chi connectivity index (χ0) is 22.2. The normalized spacial score (nSPS) is 20.6. The van der Waals surface area contributed by atoms with E-state index in [-0.39, 0.29) is 17.2 Å². The summed E-state index contributed by atoms with van der Waals surface area (Å²) in [6.07, 6.45) is -5.48. The molecule has 29 heavy (non-hydrogen) atoms. The summed E-state index contributed by atoms with van der Waals surface area (Å²) in [6, 6.07) is 3.93. The lowest BCUT2D eigenvalue weighted by Gasteiger charge is -2.32. The Bertz CT molecular complexity index is 729. The molecule has 1 fully saturated rings. The highest BCUT2D eigenvalue weighted by Crippen LogP contribution is 2.41. The molecule has 0 amide bonds. The molecule has 2 N–H and O–H groups in total. The van der Waals surface area contributed by atoms with Crippen LogP contribution in [0.2, 0.25) is 0 Å². The standard InChI is InChI=1S/C20H28BF4NO3/c1-12(2)27-14-9-7-13(8-10-14)15(11-16(26)20(23,24)25)17(22)21-28-18(3,4)19(5,6)29-21/h7-10,12,16H,11,26H2,1-6H3. The lowest BCUT2D eigenvalue weighted by atomic mass is 9.81. The SMILES string of the molecule is CC(C)Oc1ccc(C(CC(N)C(F)(F)F)=C(F)B2OC(C)(C)C(C)(C)O2)cc1. The molecule has 0 aliphatic carbocycles. The maximum atomic E-state index is 15.4. The highest BCUT2D eigenvalue weighted by Gasteiger charge is 2.54. The van der Waals surface area contributed by atoms with E-state index in [4.69, 9.17) is 19.8 Å². The van der Waals surface area contributed by atoms with Gasteiger partial charge in [-0.2, -0.15) is 13.2 Å². The van der Waals surface area contributed by atoms with E-state index in [0.29, 0.717) is 5.75 Å². The smallest absolute Gasteiger partial charge is 0.491 e. The first-order valence-electron chi connectivity index (χ1n) is 9.47. The second-order valence-corrected chi connectivity index (χ2v) is 8.46. The molecule has 0 radical (unpaired) electrons. The fraction of sp³-hybridized carbons (Fsp3) is 0.600. The van der Waals surface area contributed by atoms with Crippen LogP contribution in [0.1, 0.15) is 53.5 Å². The molecular weight excluding hydrogens is 389 g/mol. The number of hydrogen-bond acceptors (Lipinski definition) is 4. The second kappa shape index (κ2) is 8.28. The molecule has 162 valence electrons. The summed E-state index contributed by atoms with van der Waals surface area (Å²) < 4.78 is 71.5. The lowest BCUT2D eigenvalue weighted by molar-refractivity contribution is -0.146. The Balaban J connectivity index is 2.43. The van der Waals surface area contributed by atoms with E-state index < -0.39 is 42.7 Å². The zero-order valence-electron chi connectivity index (χ0n) is 17.6. The van der Waals surface area contributed by atoms with Crippen molar-refractivity contribution in [1.29, 1.82) is 0 Å². The molecular formula is C20H28BF4NO3. The molecule has 2 rings (SSSR count). The van der Waals surface area contributed by atoms with Crippen molar-refractivity contribution in [3.05, 3.63) is 35.6 Å². The minimum absolute atomic E-state index is 0.0731. The van der Waals surface area contributed by atoms with E-state index in [1.807, 2.05) is 13.8 Å². The predicted octanol–water partition coefficient (Wildman–Crippen LogP) is 5.07. The van der Waals surface area contributed by atoms with Crippen molar-refractivity contribution in [3.8, 4) is 5.75 Å². The van der Waals surface area contributed by atoms with Gasteiger partial charge in [0, 0.05) is 0 Å². The minimum atomic E-state index is -4.66. The van der Waals surface area contributed by atoms with Crippen LogP contribution in [0.25, 0.3) is 5.57 Å². The number of ether oxygens (including phenoxy) is 1. The molecule has 1 aliphatic rings. The van der Waals surface area contributed by atoms with Crippen molar-refractivity contribution < 1.29 is 31.6 Å². The van der Waals surface area contributed by atoms with Crippen molar-refractivity contribution in [3.63, 3.8) is 0 Å².